The fourth-order valence-electron chi connectivity index (χ4n) is 4.66. The third-order valence-corrected chi connectivity index (χ3v) is 7.83. The number of thiophene rings is 1. The fraction of sp³-hybridized carbons (Fsp3) is 0.0345. The van der Waals surface area contributed by atoms with Gasteiger partial charge in [-0.15, -0.1) is 22.9 Å². The first-order chi connectivity index (χ1) is 17.2. The van der Waals surface area contributed by atoms with E-state index in [0.29, 0.717) is 5.88 Å². The summed E-state index contributed by atoms with van der Waals surface area (Å²) in [5.41, 5.74) is 6.76. The van der Waals surface area contributed by atoms with E-state index in [1.807, 2.05) is 6.07 Å². The number of hydrogen-bond donors (Lipinski definition) is 0. The lowest BCUT2D eigenvalue weighted by Gasteiger charge is -2.08. The minimum Gasteiger partial charge on any atom is -0.309 e. The summed E-state index contributed by atoms with van der Waals surface area (Å²) in [7, 11) is 0. The predicted molar refractivity (Wildman–Crippen MR) is 154 cm³/mol. The molecule has 6 heteroatoms. The number of alkyl halides is 1. The molecule has 2 heterocycles. The summed E-state index contributed by atoms with van der Waals surface area (Å²) in [5.74, 6) is 0.340. The van der Waals surface area contributed by atoms with Gasteiger partial charge in [0.05, 0.1) is 16.9 Å². The van der Waals surface area contributed by atoms with Crippen LogP contribution in [0.5, 0.6) is 0 Å². The van der Waals surface area contributed by atoms with Crippen molar-refractivity contribution in [3.63, 3.8) is 0 Å². The van der Waals surface area contributed by atoms with Crippen LogP contribution in [0.3, 0.4) is 0 Å². The molecule has 0 bridgehead atoms. The van der Waals surface area contributed by atoms with Crippen LogP contribution in [0.4, 0.5) is 5.00 Å². The van der Waals surface area contributed by atoms with E-state index in [0.717, 1.165) is 37.5 Å². The maximum absolute atomic E-state index is 6.33. The molecule has 4 aromatic carbocycles. The zero-order chi connectivity index (χ0) is 23.9. The maximum Gasteiger partial charge on any atom is 0.223 e. The molecule has 170 valence electrons. The van der Waals surface area contributed by atoms with Crippen LogP contribution in [0.15, 0.2) is 101 Å². The van der Waals surface area contributed by atoms with Gasteiger partial charge in [0.1, 0.15) is 5.00 Å². The molecule has 6 rings (SSSR count). The summed E-state index contributed by atoms with van der Waals surface area (Å²) in [6, 6.07) is 32.2. The molecule has 3 nitrogen and oxygen atoms in total. The highest BCUT2D eigenvalue weighted by molar-refractivity contribution is 7.23. The minimum atomic E-state index is 0.114. The van der Waals surface area contributed by atoms with Gasteiger partial charge in [-0.25, -0.2) is 9.98 Å². The molecular formula is C29H19Cl2N3S. The number of para-hydroxylation sites is 2. The number of aliphatic imine (C=N–C) groups is 2. The van der Waals surface area contributed by atoms with E-state index in [9.17, 15) is 0 Å². The van der Waals surface area contributed by atoms with Crippen LogP contribution >= 0.6 is 34.5 Å². The highest BCUT2D eigenvalue weighted by atomic mass is 35.5. The van der Waals surface area contributed by atoms with Gasteiger partial charge in [-0.1, -0.05) is 48.5 Å². The SMILES string of the molecule is C=NC(Cl)=Nc1sc2ccc(-c3ccc4c(c3)c3ccccc3n4-c3ccccc3)cc2c1CCl. The van der Waals surface area contributed by atoms with Crippen LogP contribution in [0, 0.1) is 0 Å². The predicted octanol–water partition coefficient (Wildman–Crippen LogP) is 9.33. The fourth-order valence-corrected chi connectivity index (χ4v) is 6.22. The molecule has 0 aliphatic carbocycles. The molecule has 0 N–H and O–H groups in total. The summed E-state index contributed by atoms with van der Waals surface area (Å²) in [4.78, 5) is 8.08. The molecule has 0 fully saturated rings. The van der Waals surface area contributed by atoms with Crippen molar-refractivity contribution >= 4 is 83.4 Å². The van der Waals surface area contributed by atoms with Gasteiger partial charge in [0.15, 0.2) is 0 Å². The van der Waals surface area contributed by atoms with Gasteiger partial charge in [0, 0.05) is 26.7 Å². The van der Waals surface area contributed by atoms with Crippen molar-refractivity contribution in [2.45, 2.75) is 5.88 Å². The first kappa shape index (κ1) is 22.1. The molecule has 0 atom stereocenters. The Kier molecular flexibility index (Phi) is 5.65. The average Bonchev–Trinajstić information content (AvgIpc) is 3.42. The number of amidine groups is 1. The molecule has 0 unspecified atom stereocenters. The van der Waals surface area contributed by atoms with E-state index < -0.39 is 0 Å². The third kappa shape index (κ3) is 3.75. The van der Waals surface area contributed by atoms with Crippen LogP contribution in [0.1, 0.15) is 5.56 Å². The Balaban J connectivity index is 1.55. The minimum absolute atomic E-state index is 0.114. The van der Waals surface area contributed by atoms with Crippen molar-refractivity contribution in [2.24, 2.45) is 9.98 Å². The summed E-state index contributed by atoms with van der Waals surface area (Å²) in [6.45, 7) is 3.44. The summed E-state index contributed by atoms with van der Waals surface area (Å²) < 4.78 is 3.43. The topological polar surface area (TPSA) is 29.6 Å². The van der Waals surface area contributed by atoms with Crippen LogP contribution in [-0.4, -0.2) is 16.6 Å². The van der Waals surface area contributed by atoms with Gasteiger partial charge in [-0.2, -0.15) is 0 Å². The van der Waals surface area contributed by atoms with Gasteiger partial charge < -0.3 is 4.57 Å². The Bertz CT molecular complexity index is 1760. The summed E-state index contributed by atoms with van der Waals surface area (Å²) in [6.07, 6.45) is 0. The second kappa shape index (κ2) is 8.97. The number of rotatable bonds is 4. The second-order valence-electron chi connectivity index (χ2n) is 8.19. The number of benzene rings is 4. The Morgan fingerprint density at radius 2 is 1.49 bits per heavy atom. The molecule has 0 radical (unpaired) electrons. The van der Waals surface area contributed by atoms with E-state index in [-0.39, 0.29) is 5.29 Å². The number of halogens is 2. The van der Waals surface area contributed by atoms with Crippen LogP contribution in [0.25, 0.3) is 48.7 Å². The normalized spacial score (nSPS) is 12.1. The van der Waals surface area contributed by atoms with Crippen LogP contribution in [-0.2, 0) is 5.88 Å². The lowest BCUT2D eigenvalue weighted by molar-refractivity contribution is 1.18. The Morgan fingerprint density at radius 3 is 2.26 bits per heavy atom. The standard InChI is InChI=1S/C29H19Cl2N3S/c1-32-29(31)33-28-24(17-30)23-16-19(12-14-27(23)35-28)18-11-13-26-22(15-18)21-9-5-6-10-25(21)34(26)20-7-3-2-4-8-20/h2-16H,1,17H2. The van der Waals surface area contributed by atoms with E-state index >= 15 is 0 Å². The molecule has 2 aromatic heterocycles. The molecule has 35 heavy (non-hydrogen) atoms. The van der Waals surface area contributed by atoms with Gasteiger partial charge >= 0.3 is 0 Å². The first-order valence-electron chi connectivity index (χ1n) is 11.1. The maximum atomic E-state index is 6.33. The Labute approximate surface area is 216 Å². The lowest BCUT2D eigenvalue weighted by atomic mass is 10.0. The molecule has 0 spiro atoms. The molecule has 0 saturated carbocycles. The molecule has 0 amide bonds. The smallest absolute Gasteiger partial charge is 0.223 e. The summed E-state index contributed by atoms with van der Waals surface area (Å²) in [5, 5.41) is 4.42. The van der Waals surface area contributed by atoms with E-state index in [4.69, 9.17) is 23.2 Å². The Morgan fingerprint density at radius 1 is 0.800 bits per heavy atom. The zero-order valence-corrected chi connectivity index (χ0v) is 20.9. The van der Waals surface area contributed by atoms with Crippen molar-refractivity contribution < 1.29 is 0 Å². The largest absolute Gasteiger partial charge is 0.309 e. The lowest BCUT2D eigenvalue weighted by Crippen LogP contribution is -1.92. The van der Waals surface area contributed by atoms with E-state index in [1.54, 1.807) is 11.3 Å². The van der Waals surface area contributed by atoms with Gasteiger partial charge in [0.2, 0.25) is 5.29 Å². The summed E-state index contributed by atoms with van der Waals surface area (Å²) >= 11 is 13.9. The van der Waals surface area contributed by atoms with Crippen molar-refractivity contribution in [3.8, 4) is 16.8 Å². The molecule has 0 aliphatic rings. The quantitative estimate of drug-likeness (QED) is 0.0975. The highest BCUT2D eigenvalue weighted by Gasteiger charge is 2.15. The second-order valence-corrected chi connectivity index (χ2v) is 9.83. The molecular weight excluding hydrogens is 493 g/mol. The van der Waals surface area contributed by atoms with Gasteiger partial charge in [0.25, 0.3) is 0 Å². The molecule has 0 saturated heterocycles. The number of aromatic nitrogens is 1. The number of fused-ring (bicyclic) bond motifs is 4. The molecule has 6 aromatic rings. The van der Waals surface area contributed by atoms with Crippen molar-refractivity contribution in [2.75, 3.05) is 0 Å². The first-order valence-corrected chi connectivity index (χ1v) is 12.8. The monoisotopic (exact) mass is 511 g/mol. The zero-order valence-electron chi connectivity index (χ0n) is 18.6. The Hall–Kier alpha value is -3.44. The van der Waals surface area contributed by atoms with E-state index in [2.05, 4.69) is 106 Å². The average molecular weight is 512 g/mol. The van der Waals surface area contributed by atoms with E-state index in [1.165, 1.54) is 21.8 Å². The molecule has 0 aliphatic heterocycles. The van der Waals surface area contributed by atoms with Crippen molar-refractivity contribution in [1.29, 1.82) is 0 Å². The van der Waals surface area contributed by atoms with Gasteiger partial charge in [-0.05, 0) is 77.3 Å². The third-order valence-electron chi connectivity index (χ3n) is 6.25. The van der Waals surface area contributed by atoms with Crippen molar-refractivity contribution in [1.82, 2.24) is 4.57 Å². The highest BCUT2D eigenvalue weighted by Crippen LogP contribution is 2.42. The van der Waals surface area contributed by atoms with Crippen LogP contribution in [0.2, 0.25) is 0 Å². The van der Waals surface area contributed by atoms with Gasteiger partial charge in [-0.3, -0.25) is 0 Å². The number of hydrogen-bond acceptors (Lipinski definition) is 2. The van der Waals surface area contributed by atoms with Crippen molar-refractivity contribution in [3.05, 3.63) is 96.6 Å². The number of nitrogens with zero attached hydrogens (tertiary/aromatic N) is 3. The van der Waals surface area contributed by atoms with Crippen LogP contribution < -0.4 is 0 Å².